The summed E-state index contributed by atoms with van der Waals surface area (Å²) in [5.74, 6) is 0. The van der Waals surface area contributed by atoms with Crippen molar-refractivity contribution in [2.75, 3.05) is 7.05 Å². The minimum absolute atomic E-state index is 0. The second-order valence-electron chi connectivity index (χ2n) is 1.18. The first-order valence-electron chi connectivity index (χ1n) is 1.48. The van der Waals surface area contributed by atoms with Crippen molar-refractivity contribution in [2.45, 2.75) is 0 Å². The van der Waals surface area contributed by atoms with Gasteiger partial charge in [-0.2, -0.15) is 3.29 Å². The summed E-state index contributed by atoms with van der Waals surface area (Å²) >= 11 is 6.98. The number of hydrogen-bond donors (Lipinski definition) is 2. The molecule has 1 amide bonds. The average Bonchev–Trinajstić information content (AvgIpc) is 1.31. The predicted molar refractivity (Wildman–Crippen MR) is 30.7 cm³/mol. The normalized spacial score (nSPS) is 9.88. The second kappa shape index (κ2) is 4.03. The van der Waals surface area contributed by atoms with Crippen molar-refractivity contribution in [3.05, 3.63) is 0 Å². The van der Waals surface area contributed by atoms with Crippen LogP contribution in [-0.4, -0.2) is 16.4 Å². The molecule has 0 aliphatic rings. The van der Waals surface area contributed by atoms with Gasteiger partial charge in [0.05, 0.1) is 32.7 Å². The monoisotopic (exact) mass is 163 g/mol. The Balaban J connectivity index is -0.000000180. The molecule has 0 aliphatic heterocycles. The number of quaternary nitrogens is 1. The van der Waals surface area contributed by atoms with Crippen LogP contribution in [0.1, 0.15) is 1.43 Å². The smallest absolute Gasteiger partial charge is 1.00 e. The Bertz CT molecular complexity index is 95.1. The van der Waals surface area contributed by atoms with Crippen molar-refractivity contribution < 1.29 is 44.2 Å². The predicted octanol–water partition coefficient (Wildman–Crippen LogP) is -3.42. The van der Waals surface area contributed by atoms with E-state index in [0.29, 0.717) is 0 Å². The first-order valence-corrected chi connectivity index (χ1v) is 2.28. The molecule has 0 aromatic heterocycles. The van der Waals surface area contributed by atoms with Crippen LogP contribution in [0.15, 0.2) is 0 Å². The van der Waals surface area contributed by atoms with E-state index in [-0.39, 0.29) is 31.0 Å². The first kappa shape index (κ1) is 11.9. The van der Waals surface area contributed by atoms with Crippen molar-refractivity contribution in [3.8, 4) is 0 Å². The maximum Gasteiger partial charge on any atom is 1.00 e. The molecule has 0 N–H and O–H groups in total. The summed E-state index contributed by atoms with van der Waals surface area (Å²) in [4.78, 5) is 9.73. The van der Waals surface area contributed by atoms with Crippen LogP contribution in [-0.2, 0) is 0 Å². The summed E-state index contributed by atoms with van der Waals surface area (Å²) in [7, 11) is 1.27. The molecule has 6 heteroatoms. The van der Waals surface area contributed by atoms with E-state index in [0.717, 1.165) is 0 Å². The minimum atomic E-state index is -1.34. The topological polar surface area (TPSA) is 40.1 Å². The average molecular weight is 163 g/mol. The number of rotatable bonds is 0. The fourth-order valence-electron chi connectivity index (χ4n) is 0. The molecule has 0 heterocycles. The van der Waals surface area contributed by atoms with E-state index in [1.165, 1.54) is 7.05 Å². The van der Waals surface area contributed by atoms with Gasteiger partial charge >= 0.3 is 29.6 Å². The number of carbonyl (C=O) groups excluding carboxylic acids is 1. The van der Waals surface area contributed by atoms with E-state index in [1.807, 2.05) is 0 Å². The summed E-state index contributed by atoms with van der Waals surface area (Å²) < 4.78 is -0.750. The van der Waals surface area contributed by atoms with Gasteiger partial charge in [0.15, 0.2) is 0 Å². The molecule has 0 bridgehead atoms. The van der Waals surface area contributed by atoms with Gasteiger partial charge in [0.2, 0.25) is 0 Å². The molecule has 0 spiro atoms. The summed E-state index contributed by atoms with van der Waals surface area (Å²) in [6, 6.07) is 0. The van der Waals surface area contributed by atoms with Crippen molar-refractivity contribution in [3.63, 3.8) is 0 Å². The standard InChI is InChI=1S/C2H5NO2S2.Na.H/c1-3(6,7)2(4)5;;/h6-7H,1H3;;/q;+1;-1. The third kappa shape index (κ3) is 5.27. The van der Waals surface area contributed by atoms with Gasteiger partial charge < -0.3 is 11.3 Å². The molecule has 0 rings (SSSR count). The number of thiol groups is 2. The fraction of sp³-hybridized carbons (Fsp3) is 0.500. The number of nitrogens with zero attached hydrogens (tertiary/aromatic N) is 1. The molecule has 44 valence electrons. The van der Waals surface area contributed by atoms with E-state index in [1.54, 1.807) is 0 Å². The molecular weight excluding hydrogens is 157 g/mol. The molecule has 0 atom stereocenters. The number of hydrogen-bond acceptors (Lipinski definition) is 4. The van der Waals surface area contributed by atoms with E-state index in [9.17, 15) is 9.90 Å². The van der Waals surface area contributed by atoms with Crippen LogP contribution in [0, 0.1) is 0 Å². The zero-order valence-electron chi connectivity index (χ0n) is 5.66. The van der Waals surface area contributed by atoms with Gasteiger partial charge in [0, 0.05) is 0 Å². The number of carboxylic acid groups (broad SMARTS) is 1. The van der Waals surface area contributed by atoms with Crippen LogP contribution in [0.5, 0.6) is 0 Å². The Morgan fingerprint density at radius 2 is 1.88 bits per heavy atom. The molecular formula is C2H6NNaO2S2. The van der Waals surface area contributed by atoms with Crippen LogP contribution >= 0.6 is 25.6 Å². The Morgan fingerprint density at radius 3 is 1.88 bits per heavy atom. The van der Waals surface area contributed by atoms with Crippen molar-refractivity contribution in [2.24, 2.45) is 0 Å². The zero-order valence-corrected chi connectivity index (χ0v) is 8.45. The maximum absolute atomic E-state index is 9.73. The van der Waals surface area contributed by atoms with Crippen LogP contribution in [0.4, 0.5) is 4.79 Å². The van der Waals surface area contributed by atoms with Crippen molar-refractivity contribution in [1.29, 1.82) is 0 Å². The molecule has 0 radical (unpaired) electrons. The zero-order chi connectivity index (χ0) is 6.08. The summed E-state index contributed by atoms with van der Waals surface area (Å²) in [5.41, 5.74) is 0. The second-order valence-corrected chi connectivity index (χ2v) is 3.09. The molecule has 0 aromatic carbocycles. The molecule has 0 aliphatic carbocycles. The van der Waals surface area contributed by atoms with Crippen molar-refractivity contribution >= 4 is 31.7 Å². The van der Waals surface area contributed by atoms with Gasteiger partial charge in [-0.25, -0.2) is 0 Å². The summed E-state index contributed by atoms with van der Waals surface area (Å²) in [6.07, 6.45) is -1.34. The van der Waals surface area contributed by atoms with E-state index < -0.39 is 9.39 Å². The summed E-state index contributed by atoms with van der Waals surface area (Å²) in [6.45, 7) is 0. The number of amides is 1. The molecule has 0 aromatic rings. The van der Waals surface area contributed by atoms with Crippen LogP contribution in [0.2, 0.25) is 0 Å². The fourth-order valence-corrected chi connectivity index (χ4v) is 0. The molecule has 0 saturated carbocycles. The van der Waals surface area contributed by atoms with Crippen LogP contribution in [0.25, 0.3) is 0 Å². The van der Waals surface area contributed by atoms with E-state index in [4.69, 9.17) is 0 Å². The molecule has 8 heavy (non-hydrogen) atoms. The van der Waals surface area contributed by atoms with E-state index in [2.05, 4.69) is 25.6 Å². The van der Waals surface area contributed by atoms with Gasteiger partial charge in [0.1, 0.15) is 0 Å². The van der Waals surface area contributed by atoms with Crippen LogP contribution < -0.4 is 34.7 Å². The molecule has 0 saturated heterocycles. The number of carbonyl (C=O) groups is 1. The summed E-state index contributed by atoms with van der Waals surface area (Å²) in [5, 5.41) is 9.73. The Hall–Kier alpha value is 1.13. The quantitative estimate of drug-likeness (QED) is 0.222. The van der Waals surface area contributed by atoms with Gasteiger partial charge in [0.25, 0.3) is 6.09 Å². The molecule has 0 fully saturated rings. The van der Waals surface area contributed by atoms with Gasteiger partial charge in [-0.1, -0.05) is 0 Å². The van der Waals surface area contributed by atoms with Gasteiger partial charge in [-0.05, 0) is 0 Å². The largest absolute Gasteiger partial charge is 1.00 e. The SMILES string of the molecule is C[N+](S)(S)C(=O)[O-].[H-].[Na+]. The Labute approximate surface area is 82.5 Å². The molecule has 3 nitrogen and oxygen atoms in total. The van der Waals surface area contributed by atoms with Crippen molar-refractivity contribution in [1.82, 2.24) is 0 Å². The molecule has 0 unspecified atom stereocenters. The third-order valence-electron chi connectivity index (χ3n) is 0.346. The Kier molecular flexibility index (Phi) is 5.98. The van der Waals surface area contributed by atoms with Gasteiger partial charge in [-0.3, -0.25) is 0 Å². The maximum atomic E-state index is 9.73. The minimum Gasteiger partial charge on any atom is -1.00 e. The van der Waals surface area contributed by atoms with E-state index >= 15 is 0 Å². The van der Waals surface area contributed by atoms with Gasteiger partial charge in [-0.15, -0.1) is 0 Å². The Morgan fingerprint density at radius 1 is 1.75 bits per heavy atom. The van der Waals surface area contributed by atoms with Crippen LogP contribution in [0.3, 0.4) is 0 Å². The third-order valence-corrected chi connectivity index (χ3v) is 0.672. The first-order chi connectivity index (χ1) is 2.94.